The molecular weight excluding hydrogens is 469 g/mol. The normalized spacial score (nSPS) is 12.0. The molecule has 0 unspecified atom stereocenters. The highest BCUT2D eigenvalue weighted by molar-refractivity contribution is 6.04. The number of aromatic nitrogens is 6. The first-order valence-corrected chi connectivity index (χ1v) is 10.9. The molecule has 0 amide bonds. The van der Waals surface area contributed by atoms with Crippen molar-refractivity contribution in [1.29, 1.82) is 0 Å². The van der Waals surface area contributed by atoms with Crippen molar-refractivity contribution in [1.82, 2.24) is 28.9 Å². The third-order valence-corrected chi connectivity index (χ3v) is 6.17. The van der Waals surface area contributed by atoms with Crippen molar-refractivity contribution in [2.75, 3.05) is 0 Å². The van der Waals surface area contributed by atoms with Crippen LogP contribution in [-0.4, -0.2) is 28.9 Å². The number of imidazole rings is 1. The summed E-state index contributed by atoms with van der Waals surface area (Å²) < 4.78 is 46.1. The van der Waals surface area contributed by atoms with Crippen LogP contribution in [0.15, 0.2) is 90.4 Å². The second kappa shape index (κ2) is 7.91. The topological polar surface area (TPSA) is 70.5 Å². The standard InChI is InChI=1S/C26H17F3N6O/c1-33-23-15-31-21-7-5-16(17-4-2-9-30-14-17)12-19(21)24(23)35(25(33)36)18-6-8-22(34-11-3-10-32-34)20(13-18)26(27,28)29/h2-15H,1H3. The molecule has 4 heterocycles. The Labute approximate surface area is 201 Å². The molecule has 0 saturated heterocycles. The van der Waals surface area contributed by atoms with Gasteiger partial charge in [-0.25, -0.2) is 9.48 Å². The van der Waals surface area contributed by atoms with Crippen LogP contribution in [-0.2, 0) is 13.2 Å². The molecule has 0 aliphatic rings. The van der Waals surface area contributed by atoms with Crippen molar-refractivity contribution in [2.45, 2.75) is 6.18 Å². The second-order valence-corrected chi connectivity index (χ2v) is 8.29. The highest BCUT2D eigenvalue weighted by atomic mass is 19.4. The van der Waals surface area contributed by atoms with Crippen LogP contribution in [0, 0.1) is 0 Å². The molecule has 0 aliphatic carbocycles. The summed E-state index contributed by atoms with van der Waals surface area (Å²) in [4.78, 5) is 22.0. The van der Waals surface area contributed by atoms with Crippen LogP contribution in [0.2, 0.25) is 0 Å². The Kier molecular flexibility index (Phi) is 4.78. The van der Waals surface area contributed by atoms with Gasteiger partial charge in [-0.15, -0.1) is 0 Å². The van der Waals surface area contributed by atoms with Gasteiger partial charge in [-0.2, -0.15) is 18.3 Å². The lowest BCUT2D eigenvalue weighted by Gasteiger charge is -2.15. The molecule has 0 fully saturated rings. The Bertz CT molecular complexity index is 1800. The van der Waals surface area contributed by atoms with Crippen molar-refractivity contribution in [3.63, 3.8) is 0 Å². The fraction of sp³-hybridized carbons (Fsp3) is 0.0769. The van der Waals surface area contributed by atoms with Gasteiger partial charge in [0.05, 0.1) is 39.7 Å². The van der Waals surface area contributed by atoms with Gasteiger partial charge in [0, 0.05) is 42.8 Å². The minimum atomic E-state index is -4.66. The number of alkyl halides is 3. The molecule has 6 aromatic rings. The van der Waals surface area contributed by atoms with Crippen molar-refractivity contribution in [2.24, 2.45) is 7.05 Å². The number of pyridine rings is 2. The Hall–Kier alpha value is -4.73. The highest BCUT2D eigenvalue weighted by Gasteiger charge is 2.35. The zero-order chi connectivity index (χ0) is 25.0. The van der Waals surface area contributed by atoms with E-state index in [1.165, 1.54) is 33.7 Å². The molecule has 2 aromatic carbocycles. The lowest BCUT2D eigenvalue weighted by Crippen LogP contribution is -2.21. The zero-order valence-electron chi connectivity index (χ0n) is 18.8. The van der Waals surface area contributed by atoms with Crippen LogP contribution < -0.4 is 5.69 Å². The van der Waals surface area contributed by atoms with E-state index < -0.39 is 17.4 Å². The molecule has 7 nitrogen and oxygen atoms in total. The zero-order valence-corrected chi connectivity index (χ0v) is 18.8. The number of hydrogen-bond donors (Lipinski definition) is 0. The number of rotatable bonds is 3. The quantitative estimate of drug-likeness (QED) is 0.347. The van der Waals surface area contributed by atoms with E-state index in [1.54, 1.807) is 31.7 Å². The molecule has 0 radical (unpaired) electrons. The van der Waals surface area contributed by atoms with E-state index in [0.29, 0.717) is 21.9 Å². The van der Waals surface area contributed by atoms with Gasteiger partial charge in [0.2, 0.25) is 0 Å². The average molecular weight is 486 g/mol. The molecule has 0 aliphatic heterocycles. The predicted molar refractivity (Wildman–Crippen MR) is 129 cm³/mol. The summed E-state index contributed by atoms with van der Waals surface area (Å²) in [5, 5.41) is 4.58. The van der Waals surface area contributed by atoms with Crippen LogP contribution in [0.4, 0.5) is 13.2 Å². The summed E-state index contributed by atoms with van der Waals surface area (Å²) in [5.74, 6) is 0. The number of hydrogen-bond acceptors (Lipinski definition) is 4. The summed E-state index contributed by atoms with van der Waals surface area (Å²) in [6, 6.07) is 14.6. The minimum absolute atomic E-state index is 0.0908. The minimum Gasteiger partial charge on any atom is -0.293 e. The van der Waals surface area contributed by atoms with Gasteiger partial charge >= 0.3 is 11.9 Å². The van der Waals surface area contributed by atoms with Crippen LogP contribution in [0.3, 0.4) is 0 Å². The van der Waals surface area contributed by atoms with Crippen LogP contribution in [0.1, 0.15) is 5.56 Å². The Morgan fingerprint density at radius 3 is 2.50 bits per heavy atom. The maximum Gasteiger partial charge on any atom is 0.418 e. The van der Waals surface area contributed by atoms with Crippen molar-refractivity contribution < 1.29 is 13.2 Å². The van der Waals surface area contributed by atoms with E-state index in [2.05, 4.69) is 15.1 Å². The van der Waals surface area contributed by atoms with Crippen LogP contribution in [0.25, 0.3) is 44.4 Å². The summed E-state index contributed by atoms with van der Waals surface area (Å²) in [5.41, 5.74) is 1.87. The Morgan fingerprint density at radius 1 is 0.917 bits per heavy atom. The molecule has 0 spiro atoms. The molecule has 0 saturated carbocycles. The number of fused-ring (bicyclic) bond motifs is 3. The van der Waals surface area contributed by atoms with Gasteiger partial charge < -0.3 is 0 Å². The second-order valence-electron chi connectivity index (χ2n) is 8.29. The number of halogens is 3. The maximum atomic E-state index is 14.1. The van der Waals surface area contributed by atoms with Gasteiger partial charge in [-0.05, 0) is 48.0 Å². The molecule has 0 N–H and O–H groups in total. The third kappa shape index (κ3) is 3.37. The fourth-order valence-electron chi connectivity index (χ4n) is 4.45. The van der Waals surface area contributed by atoms with Crippen LogP contribution in [0.5, 0.6) is 0 Å². The molecule has 0 bridgehead atoms. The highest BCUT2D eigenvalue weighted by Crippen LogP contribution is 2.36. The molecule has 10 heteroatoms. The summed E-state index contributed by atoms with van der Waals surface area (Å²) in [7, 11) is 1.57. The first-order chi connectivity index (χ1) is 17.3. The van der Waals surface area contributed by atoms with Crippen LogP contribution >= 0.6 is 0 Å². The van der Waals surface area contributed by atoms with Crippen molar-refractivity contribution in [3.8, 4) is 22.5 Å². The SMILES string of the molecule is Cn1c(=O)n(-c2ccc(-n3cccn3)c(C(F)(F)F)c2)c2c3cc(-c4cccnc4)ccc3ncc21. The third-order valence-electron chi connectivity index (χ3n) is 6.17. The first kappa shape index (κ1) is 21.8. The summed E-state index contributed by atoms with van der Waals surface area (Å²) >= 11 is 0. The van der Waals surface area contributed by atoms with E-state index in [9.17, 15) is 18.0 Å². The van der Waals surface area contributed by atoms with Gasteiger partial charge in [0.1, 0.15) is 0 Å². The smallest absolute Gasteiger partial charge is 0.293 e. The van der Waals surface area contributed by atoms with Gasteiger partial charge in [0.25, 0.3) is 0 Å². The number of benzene rings is 2. The van der Waals surface area contributed by atoms with E-state index in [1.807, 2.05) is 30.3 Å². The number of aryl methyl sites for hydroxylation is 1. The van der Waals surface area contributed by atoms with E-state index in [-0.39, 0.29) is 11.4 Å². The first-order valence-electron chi connectivity index (χ1n) is 10.9. The summed E-state index contributed by atoms with van der Waals surface area (Å²) in [6.45, 7) is 0. The lowest BCUT2D eigenvalue weighted by atomic mass is 10.0. The number of nitrogens with zero attached hydrogens (tertiary/aromatic N) is 6. The Morgan fingerprint density at radius 2 is 1.78 bits per heavy atom. The molecule has 178 valence electrons. The monoisotopic (exact) mass is 486 g/mol. The Balaban J connectivity index is 1.66. The van der Waals surface area contributed by atoms with E-state index in [0.717, 1.165) is 21.9 Å². The molecule has 4 aromatic heterocycles. The molecule has 6 rings (SSSR count). The largest absolute Gasteiger partial charge is 0.418 e. The van der Waals surface area contributed by atoms with Crippen molar-refractivity contribution in [3.05, 3.63) is 102 Å². The fourth-order valence-corrected chi connectivity index (χ4v) is 4.45. The van der Waals surface area contributed by atoms with Gasteiger partial charge in [0.15, 0.2) is 0 Å². The molecule has 36 heavy (non-hydrogen) atoms. The molecular formula is C26H17F3N6O. The average Bonchev–Trinajstić information content (AvgIpc) is 3.51. The van der Waals surface area contributed by atoms with E-state index >= 15 is 0 Å². The summed E-state index contributed by atoms with van der Waals surface area (Å²) in [6.07, 6.45) is 3.13. The van der Waals surface area contributed by atoms with Gasteiger partial charge in [-0.3, -0.25) is 19.1 Å². The van der Waals surface area contributed by atoms with Crippen molar-refractivity contribution >= 4 is 21.9 Å². The predicted octanol–water partition coefficient (Wildman–Crippen LogP) is 5.14. The van der Waals surface area contributed by atoms with E-state index in [4.69, 9.17) is 0 Å². The maximum absolute atomic E-state index is 14.1. The lowest BCUT2D eigenvalue weighted by molar-refractivity contribution is -0.137. The molecule has 0 atom stereocenters. The van der Waals surface area contributed by atoms with Gasteiger partial charge in [-0.1, -0.05) is 12.1 Å².